The predicted octanol–water partition coefficient (Wildman–Crippen LogP) is 7.10. The van der Waals surface area contributed by atoms with Crippen LogP contribution in [-0.4, -0.2) is 17.7 Å². The minimum absolute atomic E-state index is 0.208. The van der Waals surface area contributed by atoms with Gasteiger partial charge in [0.25, 0.3) is 5.91 Å². The first-order valence-corrected chi connectivity index (χ1v) is 11.1. The summed E-state index contributed by atoms with van der Waals surface area (Å²) in [4.78, 5) is 12.8. The minimum Gasteiger partial charge on any atom is -0.269 e. The van der Waals surface area contributed by atoms with Gasteiger partial charge in [0, 0.05) is 0 Å². The van der Waals surface area contributed by atoms with Crippen LogP contribution in [0.4, 0.5) is 22.7 Å². The average Bonchev–Trinajstić information content (AvgIpc) is 3.15. The van der Waals surface area contributed by atoms with Crippen LogP contribution in [0.3, 0.4) is 0 Å². The van der Waals surface area contributed by atoms with E-state index >= 15 is 0 Å². The van der Waals surface area contributed by atoms with Gasteiger partial charge in [-0.3, -0.25) is 4.79 Å². The van der Waals surface area contributed by atoms with Gasteiger partial charge in [0.2, 0.25) is 0 Å². The van der Waals surface area contributed by atoms with Crippen LogP contribution in [0.5, 0.6) is 0 Å². The standard InChI is InChI=1S/C26H26N6O/c1-4-19-11-9-10-14-23(19)28-27-21-15-16-24(20(5-2)17-21)29-30-25-18(3)31-32(26(25)33)22-12-7-6-8-13-22/h6-17,25H,4-5H2,1-3H3. The number of carbonyl (C=O) groups excluding carboxylic acids is 1. The third-order valence-electron chi connectivity index (χ3n) is 5.47. The first-order valence-electron chi connectivity index (χ1n) is 11.1. The molecule has 1 amide bonds. The summed E-state index contributed by atoms with van der Waals surface area (Å²) in [5.41, 5.74) is 5.81. The summed E-state index contributed by atoms with van der Waals surface area (Å²) < 4.78 is 0. The highest BCUT2D eigenvalue weighted by Crippen LogP contribution is 2.29. The van der Waals surface area contributed by atoms with Crippen LogP contribution in [0.25, 0.3) is 0 Å². The van der Waals surface area contributed by atoms with E-state index in [0.29, 0.717) is 17.1 Å². The molecule has 3 aromatic carbocycles. The first-order chi connectivity index (χ1) is 16.1. The van der Waals surface area contributed by atoms with E-state index < -0.39 is 6.04 Å². The van der Waals surface area contributed by atoms with Gasteiger partial charge in [0.05, 0.1) is 28.5 Å². The second kappa shape index (κ2) is 10.1. The van der Waals surface area contributed by atoms with E-state index in [1.807, 2.05) is 73.7 Å². The Labute approximate surface area is 193 Å². The van der Waals surface area contributed by atoms with Crippen molar-refractivity contribution in [1.29, 1.82) is 0 Å². The van der Waals surface area contributed by atoms with E-state index in [4.69, 9.17) is 0 Å². The number of benzene rings is 3. The number of aryl methyl sites for hydroxylation is 2. The monoisotopic (exact) mass is 438 g/mol. The van der Waals surface area contributed by atoms with Crippen molar-refractivity contribution in [2.24, 2.45) is 25.6 Å². The van der Waals surface area contributed by atoms with E-state index in [0.717, 1.165) is 35.3 Å². The molecular formula is C26H26N6O. The lowest BCUT2D eigenvalue weighted by atomic mass is 10.1. The third kappa shape index (κ3) is 4.92. The number of carbonyl (C=O) groups is 1. The quantitative estimate of drug-likeness (QED) is 0.362. The number of rotatable bonds is 7. The van der Waals surface area contributed by atoms with Gasteiger partial charge < -0.3 is 0 Å². The summed E-state index contributed by atoms with van der Waals surface area (Å²) in [6, 6.07) is 22.3. The molecule has 7 heteroatoms. The Morgan fingerprint density at radius 2 is 1.52 bits per heavy atom. The summed E-state index contributed by atoms with van der Waals surface area (Å²) in [5.74, 6) is -0.208. The van der Waals surface area contributed by atoms with Crippen molar-refractivity contribution in [3.8, 4) is 0 Å². The lowest BCUT2D eigenvalue weighted by Gasteiger charge is -2.12. The molecule has 166 valence electrons. The molecule has 1 unspecified atom stereocenters. The Balaban J connectivity index is 1.52. The molecule has 7 nitrogen and oxygen atoms in total. The zero-order valence-corrected chi connectivity index (χ0v) is 19.0. The number of hydrogen-bond acceptors (Lipinski definition) is 6. The highest BCUT2D eigenvalue weighted by Gasteiger charge is 2.34. The maximum atomic E-state index is 12.8. The molecule has 1 heterocycles. The maximum absolute atomic E-state index is 12.8. The zero-order chi connectivity index (χ0) is 23.2. The summed E-state index contributed by atoms with van der Waals surface area (Å²) in [6.45, 7) is 5.94. The topological polar surface area (TPSA) is 82.1 Å². The molecule has 0 aliphatic carbocycles. The molecule has 1 aliphatic rings. The van der Waals surface area contributed by atoms with Gasteiger partial charge in [0.1, 0.15) is 0 Å². The number of amides is 1. The van der Waals surface area contributed by atoms with Gasteiger partial charge in [-0.2, -0.15) is 30.6 Å². The van der Waals surface area contributed by atoms with Crippen molar-refractivity contribution in [2.75, 3.05) is 5.01 Å². The van der Waals surface area contributed by atoms with Crippen molar-refractivity contribution in [1.82, 2.24) is 0 Å². The predicted molar refractivity (Wildman–Crippen MR) is 131 cm³/mol. The highest BCUT2D eigenvalue weighted by molar-refractivity contribution is 6.18. The van der Waals surface area contributed by atoms with Crippen molar-refractivity contribution in [3.05, 3.63) is 83.9 Å². The van der Waals surface area contributed by atoms with Gasteiger partial charge in [-0.1, -0.05) is 50.2 Å². The number of azo groups is 2. The van der Waals surface area contributed by atoms with Crippen LogP contribution in [-0.2, 0) is 17.6 Å². The van der Waals surface area contributed by atoms with E-state index in [2.05, 4.69) is 38.5 Å². The van der Waals surface area contributed by atoms with Gasteiger partial charge >= 0.3 is 0 Å². The SMILES string of the molecule is CCc1ccccc1N=Nc1ccc(N=NC2C(=O)N(c3ccccc3)N=C2C)c(CC)c1. The van der Waals surface area contributed by atoms with E-state index in [1.54, 1.807) is 6.92 Å². The molecule has 4 rings (SSSR count). The molecule has 0 aromatic heterocycles. The number of anilines is 1. The fourth-order valence-corrected chi connectivity index (χ4v) is 3.60. The Morgan fingerprint density at radius 3 is 2.27 bits per heavy atom. The van der Waals surface area contributed by atoms with Gasteiger partial charge in [0.15, 0.2) is 6.04 Å². The molecule has 0 bridgehead atoms. The average molecular weight is 439 g/mol. The number of para-hydroxylation sites is 1. The smallest absolute Gasteiger partial charge is 0.269 e. The molecule has 0 radical (unpaired) electrons. The first kappa shape index (κ1) is 22.2. The van der Waals surface area contributed by atoms with Crippen molar-refractivity contribution < 1.29 is 4.79 Å². The molecule has 0 spiro atoms. The van der Waals surface area contributed by atoms with Crippen LogP contribution < -0.4 is 5.01 Å². The molecular weight excluding hydrogens is 412 g/mol. The van der Waals surface area contributed by atoms with Gasteiger partial charge in [-0.15, -0.1) is 0 Å². The molecule has 1 aliphatic heterocycles. The summed E-state index contributed by atoms with van der Waals surface area (Å²) >= 11 is 0. The Hall–Kier alpha value is -4.00. The van der Waals surface area contributed by atoms with Crippen LogP contribution >= 0.6 is 0 Å². The van der Waals surface area contributed by atoms with Gasteiger partial charge in [-0.05, 0) is 67.3 Å². The van der Waals surface area contributed by atoms with Crippen molar-refractivity contribution >= 4 is 34.4 Å². The molecule has 1 atom stereocenters. The summed E-state index contributed by atoms with van der Waals surface area (Å²) in [6.07, 6.45) is 1.66. The Morgan fingerprint density at radius 1 is 0.818 bits per heavy atom. The minimum atomic E-state index is -0.722. The van der Waals surface area contributed by atoms with E-state index in [1.165, 1.54) is 5.01 Å². The van der Waals surface area contributed by atoms with E-state index in [-0.39, 0.29) is 5.91 Å². The molecule has 33 heavy (non-hydrogen) atoms. The fraction of sp³-hybridized carbons (Fsp3) is 0.231. The fourth-order valence-electron chi connectivity index (χ4n) is 3.60. The van der Waals surface area contributed by atoms with Crippen molar-refractivity contribution in [3.63, 3.8) is 0 Å². The largest absolute Gasteiger partial charge is 0.280 e. The second-order valence-corrected chi connectivity index (χ2v) is 7.69. The Kier molecular flexibility index (Phi) is 6.78. The third-order valence-corrected chi connectivity index (χ3v) is 5.47. The maximum Gasteiger partial charge on any atom is 0.280 e. The summed E-state index contributed by atoms with van der Waals surface area (Å²) in [7, 11) is 0. The van der Waals surface area contributed by atoms with Crippen molar-refractivity contribution in [2.45, 2.75) is 39.7 Å². The normalized spacial score (nSPS) is 16.2. The number of hydrogen-bond donors (Lipinski definition) is 0. The highest BCUT2D eigenvalue weighted by atomic mass is 16.2. The second-order valence-electron chi connectivity index (χ2n) is 7.69. The molecule has 0 fully saturated rings. The lowest BCUT2D eigenvalue weighted by molar-refractivity contribution is -0.117. The Bertz CT molecular complexity index is 1230. The molecule has 3 aromatic rings. The van der Waals surface area contributed by atoms with Crippen LogP contribution in [0.2, 0.25) is 0 Å². The number of hydrazone groups is 1. The lowest BCUT2D eigenvalue weighted by Crippen LogP contribution is -2.29. The van der Waals surface area contributed by atoms with Crippen LogP contribution in [0.15, 0.2) is 98.4 Å². The molecule has 0 N–H and O–H groups in total. The van der Waals surface area contributed by atoms with Gasteiger partial charge in [-0.25, -0.2) is 0 Å². The van der Waals surface area contributed by atoms with Crippen LogP contribution in [0.1, 0.15) is 31.9 Å². The molecule has 0 saturated heterocycles. The van der Waals surface area contributed by atoms with Crippen LogP contribution in [0, 0.1) is 0 Å². The molecule has 0 saturated carbocycles. The van der Waals surface area contributed by atoms with E-state index in [9.17, 15) is 4.79 Å². The summed E-state index contributed by atoms with van der Waals surface area (Å²) in [5, 5.41) is 23.3. The number of nitrogens with zero attached hydrogens (tertiary/aromatic N) is 6. The zero-order valence-electron chi connectivity index (χ0n) is 19.0.